The number of carbonyl (C=O) groups excluding carboxylic acids is 4. The zero-order valence-corrected chi connectivity index (χ0v) is 61.1. The van der Waals surface area contributed by atoms with Crippen LogP contribution in [0.2, 0.25) is 0 Å². The molecule has 0 radical (unpaired) electrons. The Balaban J connectivity index is 5.20. The van der Waals surface area contributed by atoms with Crippen LogP contribution in [0.15, 0.2) is 0 Å². The second kappa shape index (κ2) is 62.8. The molecular weight excluding hydrogens is 1200 g/mol. The van der Waals surface area contributed by atoms with Crippen molar-refractivity contribution in [3.05, 3.63) is 0 Å². The average Bonchev–Trinajstić information content (AvgIpc) is 2.64. The van der Waals surface area contributed by atoms with E-state index in [1.807, 2.05) is 0 Å². The number of rotatable bonds is 70. The molecule has 19 heteroatoms. The van der Waals surface area contributed by atoms with Crippen LogP contribution in [0.5, 0.6) is 0 Å². The van der Waals surface area contributed by atoms with E-state index in [0.717, 1.165) is 108 Å². The molecule has 0 saturated heterocycles. The number of esters is 4. The number of phosphoric ester groups is 2. The summed E-state index contributed by atoms with van der Waals surface area (Å²) in [6.45, 7) is 11.8. The molecule has 0 fully saturated rings. The molecule has 0 aliphatic rings. The molecule has 0 aromatic carbocycles. The maximum absolute atomic E-state index is 13.0. The molecule has 17 nitrogen and oxygen atoms in total. The van der Waals surface area contributed by atoms with Crippen LogP contribution in [0, 0.1) is 17.8 Å². The number of hydrogen-bond donors (Lipinski definition) is 3. The maximum atomic E-state index is 13.0. The van der Waals surface area contributed by atoms with Crippen molar-refractivity contribution >= 4 is 39.5 Å². The fourth-order valence-electron chi connectivity index (χ4n) is 10.9. The fourth-order valence-corrected chi connectivity index (χ4v) is 12.5. The van der Waals surface area contributed by atoms with E-state index in [-0.39, 0.29) is 25.7 Å². The molecular formula is C72H140O17P2. The quantitative estimate of drug-likeness (QED) is 0.0222. The van der Waals surface area contributed by atoms with Gasteiger partial charge in [0.05, 0.1) is 26.4 Å². The van der Waals surface area contributed by atoms with Gasteiger partial charge in [0.15, 0.2) is 12.2 Å². The molecule has 0 aromatic heterocycles. The fraction of sp³-hybridized carbons (Fsp3) is 0.944. The molecule has 0 heterocycles. The first kappa shape index (κ1) is 89.1. The summed E-state index contributed by atoms with van der Waals surface area (Å²) in [4.78, 5) is 72.5. The highest BCUT2D eigenvalue weighted by Gasteiger charge is 2.30. The highest BCUT2D eigenvalue weighted by Crippen LogP contribution is 2.45. The molecule has 0 aromatic rings. The lowest BCUT2D eigenvalue weighted by Gasteiger charge is -2.21. The first-order valence-corrected chi connectivity index (χ1v) is 40.3. The van der Waals surface area contributed by atoms with Crippen LogP contribution in [0.4, 0.5) is 0 Å². The molecule has 0 amide bonds. The Labute approximate surface area is 556 Å². The highest BCUT2D eigenvalue weighted by molar-refractivity contribution is 7.47. The standard InChI is InChI=1S/C72H140O17P2/c1-8-9-10-11-12-32-39-46-53-69(74)82-59-68(89-72(77)56-49-42-35-28-31-38-45-52-65(6)7)62-87-91(80,81)85-58-66(73)57-84-90(78,79)86-61-67(60-83-70(75)54-47-40-33-26-23-19-21-25-30-37-44-51-64(4)5)88-71(76)55-48-41-34-27-22-18-16-14-13-15-17-20-24-29-36-43-50-63(2)3/h63-68,73H,8-62H2,1-7H3,(H,78,79)(H,80,81)/t66-,67-,68-/m1/s1. The summed E-state index contributed by atoms with van der Waals surface area (Å²) in [6.07, 6.45) is 47.4. The summed E-state index contributed by atoms with van der Waals surface area (Å²) < 4.78 is 68.3. The topological polar surface area (TPSA) is 237 Å². The number of hydrogen-bond acceptors (Lipinski definition) is 15. The summed E-state index contributed by atoms with van der Waals surface area (Å²) in [5.74, 6) is 0.148. The number of unbranched alkanes of at least 4 members (excludes halogenated alkanes) is 38. The van der Waals surface area contributed by atoms with E-state index in [0.29, 0.717) is 31.6 Å². The highest BCUT2D eigenvalue weighted by atomic mass is 31.2. The lowest BCUT2D eigenvalue weighted by Crippen LogP contribution is -2.30. The largest absolute Gasteiger partial charge is 0.472 e. The van der Waals surface area contributed by atoms with Gasteiger partial charge in [0.2, 0.25) is 0 Å². The second-order valence-corrected chi connectivity index (χ2v) is 30.3. The molecule has 0 aliphatic heterocycles. The second-order valence-electron chi connectivity index (χ2n) is 27.4. The van der Waals surface area contributed by atoms with Gasteiger partial charge in [-0.25, -0.2) is 9.13 Å². The van der Waals surface area contributed by atoms with E-state index in [1.165, 1.54) is 167 Å². The molecule has 5 atom stereocenters. The summed E-state index contributed by atoms with van der Waals surface area (Å²) >= 11 is 0. The predicted octanol–water partition coefficient (Wildman–Crippen LogP) is 20.6. The number of ether oxygens (including phenoxy) is 4. The monoisotopic (exact) mass is 1340 g/mol. The smallest absolute Gasteiger partial charge is 0.462 e. The maximum Gasteiger partial charge on any atom is 0.472 e. The van der Waals surface area contributed by atoms with E-state index in [2.05, 4.69) is 48.5 Å². The van der Waals surface area contributed by atoms with Crippen molar-refractivity contribution in [3.8, 4) is 0 Å². The van der Waals surface area contributed by atoms with Gasteiger partial charge in [-0.3, -0.25) is 37.3 Å². The van der Waals surface area contributed by atoms with Crippen LogP contribution < -0.4 is 0 Å². The van der Waals surface area contributed by atoms with Gasteiger partial charge in [0, 0.05) is 25.7 Å². The van der Waals surface area contributed by atoms with Crippen LogP contribution in [-0.4, -0.2) is 96.7 Å². The van der Waals surface area contributed by atoms with Crippen LogP contribution in [-0.2, 0) is 65.4 Å². The Morgan fingerprint density at radius 3 is 0.747 bits per heavy atom. The molecule has 540 valence electrons. The van der Waals surface area contributed by atoms with Crippen molar-refractivity contribution in [2.24, 2.45) is 17.8 Å². The molecule has 0 rings (SSSR count). The summed E-state index contributed by atoms with van der Waals surface area (Å²) in [5.41, 5.74) is 0. The van der Waals surface area contributed by atoms with Gasteiger partial charge >= 0.3 is 39.5 Å². The molecule has 0 saturated carbocycles. The van der Waals surface area contributed by atoms with Gasteiger partial charge in [-0.15, -0.1) is 0 Å². The van der Waals surface area contributed by atoms with Gasteiger partial charge in [-0.1, -0.05) is 312 Å². The van der Waals surface area contributed by atoms with E-state index < -0.39 is 97.5 Å². The minimum Gasteiger partial charge on any atom is -0.462 e. The number of carbonyl (C=O) groups is 4. The van der Waals surface area contributed by atoms with Crippen LogP contribution in [0.3, 0.4) is 0 Å². The van der Waals surface area contributed by atoms with Crippen LogP contribution in [0.1, 0.15) is 363 Å². The van der Waals surface area contributed by atoms with E-state index >= 15 is 0 Å². The van der Waals surface area contributed by atoms with Crippen molar-refractivity contribution in [1.82, 2.24) is 0 Å². The van der Waals surface area contributed by atoms with Crippen molar-refractivity contribution in [3.63, 3.8) is 0 Å². The van der Waals surface area contributed by atoms with Gasteiger partial charge in [-0.05, 0) is 43.4 Å². The summed E-state index contributed by atoms with van der Waals surface area (Å²) in [6, 6.07) is 0. The Morgan fingerprint density at radius 2 is 0.505 bits per heavy atom. The molecule has 0 aliphatic carbocycles. The zero-order valence-electron chi connectivity index (χ0n) is 59.3. The van der Waals surface area contributed by atoms with Gasteiger partial charge in [0.25, 0.3) is 0 Å². The van der Waals surface area contributed by atoms with E-state index in [4.69, 9.17) is 37.0 Å². The van der Waals surface area contributed by atoms with E-state index in [9.17, 15) is 43.2 Å². The van der Waals surface area contributed by atoms with Gasteiger partial charge in [-0.2, -0.15) is 0 Å². The molecule has 91 heavy (non-hydrogen) atoms. The predicted molar refractivity (Wildman–Crippen MR) is 368 cm³/mol. The van der Waals surface area contributed by atoms with Crippen molar-refractivity contribution in [1.29, 1.82) is 0 Å². The van der Waals surface area contributed by atoms with Crippen molar-refractivity contribution < 1.29 is 80.2 Å². The lowest BCUT2D eigenvalue weighted by molar-refractivity contribution is -0.161. The van der Waals surface area contributed by atoms with Crippen LogP contribution >= 0.6 is 15.6 Å². The SMILES string of the molecule is CCCCCCCCCCC(=O)OC[C@H](COP(=O)(O)OC[C@H](O)COP(=O)(O)OC[C@@H](COC(=O)CCCCCCCCCCCCCC(C)C)OC(=O)CCCCCCCCCCCCCCCCCCC(C)C)OC(=O)CCCCCCCCCC(C)C. The van der Waals surface area contributed by atoms with Gasteiger partial charge in [0.1, 0.15) is 19.3 Å². The normalized spacial score (nSPS) is 14.2. The minimum absolute atomic E-state index is 0.103. The first-order chi connectivity index (χ1) is 43.7. The minimum atomic E-state index is -4.95. The Bertz CT molecular complexity index is 1780. The molecule has 0 bridgehead atoms. The number of aliphatic hydroxyl groups is 1. The number of phosphoric acid groups is 2. The van der Waals surface area contributed by atoms with Crippen LogP contribution in [0.25, 0.3) is 0 Å². The average molecular weight is 1340 g/mol. The summed E-state index contributed by atoms with van der Waals surface area (Å²) in [7, 11) is -9.90. The first-order valence-electron chi connectivity index (χ1n) is 37.3. The Hall–Kier alpha value is -1.94. The lowest BCUT2D eigenvalue weighted by atomic mass is 10.0. The van der Waals surface area contributed by atoms with Crippen molar-refractivity contribution in [2.45, 2.75) is 381 Å². The third-order valence-corrected chi connectivity index (χ3v) is 18.5. The van der Waals surface area contributed by atoms with Crippen molar-refractivity contribution in [2.75, 3.05) is 39.6 Å². The Kier molecular flexibility index (Phi) is 61.5. The third-order valence-electron chi connectivity index (χ3n) is 16.6. The number of aliphatic hydroxyl groups excluding tert-OH is 1. The summed E-state index contributed by atoms with van der Waals surface area (Å²) in [5, 5.41) is 10.6. The van der Waals surface area contributed by atoms with Gasteiger partial charge < -0.3 is 33.8 Å². The zero-order chi connectivity index (χ0) is 67.3. The molecule has 3 N–H and O–H groups in total. The molecule has 2 unspecified atom stereocenters. The Morgan fingerprint density at radius 1 is 0.297 bits per heavy atom. The molecule has 0 spiro atoms. The third kappa shape index (κ3) is 66.5. The van der Waals surface area contributed by atoms with E-state index in [1.54, 1.807) is 0 Å².